The Labute approximate surface area is 135 Å². The van der Waals surface area contributed by atoms with Crippen molar-refractivity contribution in [3.63, 3.8) is 0 Å². The molecule has 0 saturated heterocycles. The van der Waals surface area contributed by atoms with Crippen LogP contribution in [0.4, 0.5) is 0 Å². The van der Waals surface area contributed by atoms with E-state index in [0.717, 1.165) is 35.4 Å². The van der Waals surface area contributed by atoms with E-state index in [2.05, 4.69) is 9.88 Å². The molecule has 3 rings (SSSR count). The summed E-state index contributed by atoms with van der Waals surface area (Å²) in [6.07, 6.45) is 0.965. The quantitative estimate of drug-likeness (QED) is 0.712. The number of H-pyrrole nitrogens is 1. The molecule has 2 aromatic carbocycles. The zero-order valence-electron chi connectivity index (χ0n) is 13.5. The number of rotatable bonds is 6. The molecule has 0 aliphatic carbocycles. The Morgan fingerprint density at radius 1 is 1.13 bits per heavy atom. The van der Waals surface area contributed by atoms with Crippen molar-refractivity contribution in [3.05, 3.63) is 59.0 Å². The molecule has 0 aliphatic heterocycles. The predicted octanol–water partition coefficient (Wildman–Crippen LogP) is 2.65. The highest BCUT2D eigenvalue weighted by molar-refractivity contribution is 5.78. The van der Waals surface area contributed by atoms with Gasteiger partial charge in [-0.3, -0.25) is 4.57 Å². The zero-order chi connectivity index (χ0) is 16.2. The van der Waals surface area contributed by atoms with Gasteiger partial charge < -0.3 is 14.6 Å². The first-order chi connectivity index (χ1) is 11.1. The topological polar surface area (TPSA) is 50.3 Å². The van der Waals surface area contributed by atoms with Crippen molar-refractivity contribution in [1.29, 1.82) is 0 Å². The molecule has 120 valence electrons. The van der Waals surface area contributed by atoms with Crippen LogP contribution in [0.15, 0.2) is 53.3 Å². The van der Waals surface area contributed by atoms with Gasteiger partial charge in [-0.05, 0) is 44.8 Å². The largest absolute Gasteiger partial charge is 0.493 e. The molecule has 1 N–H and O–H groups in total. The lowest BCUT2D eigenvalue weighted by Gasteiger charge is -2.10. The van der Waals surface area contributed by atoms with E-state index in [0.29, 0.717) is 6.61 Å². The molecule has 3 aromatic rings. The molecular formula is C18H21N3O2. The van der Waals surface area contributed by atoms with E-state index < -0.39 is 0 Å². The zero-order valence-corrected chi connectivity index (χ0v) is 13.5. The van der Waals surface area contributed by atoms with Crippen molar-refractivity contribution in [2.45, 2.75) is 6.42 Å². The highest BCUT2D eigenvalue weighted by Crippen LogP contribution is 2.21. The highest BCUT2D eigenvalue weighted by Gasteiger charge is 2.09. The van der Waals surface area contributed by atoms with Gasteiger partial charge in [-0.1, -0.05) is 18.2 Å². The minimum Gasteiger partial charge on any atom is -0.493 e. The van der Waals surface area contributed by atoms with Gasteiger partial charge in [-0.2, -0.15) is 0 Å². The number of hydrogen-bond donors (Lipinski definition) is 1. The first kappa shape index (κ1) is 15.4. The normalized spacial score (nSPS) is 11.3. The van der Waals surface area contributed by atoms with Crippen molar-refractivity contribution in [2.75, 3.05) is 27.2 Å². The first-order valence-electron chi connectivity index (χ1n) is 7.73. The van der Waals surface area contributed by atoms with Gasteiger partial charge in [0, 0.05) is 12.6 Å². The summed E-state index contributed by atoms with van der Waals surface area (Å²) in [5.41, 5.74) is 2.34. The minimum absolute atomic E-state index is 0.143. The van der Waals surface area contributed by atoms with Crippen LogP contribution >= 0.6 is 0 Å². The summed E-state index contributed by atoms with van der Waals surface area (Å²) in [5, 5.41) is 0. The van der Waals surface area contributed by atoms with Crippen LogP contribution in [-0.4, -0.2) is 41.7 Å². The third kappa shape index (κ3) is 3.46. The summed E-state index contributed by atoms with van der Waals surface area (Å²) in [6, 6.07) is 15.3. The second kappa shape index (κ2) is 6.71. The molecule has 0 atom stereocenters. The average Bonchev–Trinajstić information content (AvgIpc) is 2.87. The lowest BCUT2D eigenvalue weighted by molar-refractivity contribution is 0.282. The Morgan fingerprint density at radius 3 is 2.65 bits per heavy atom. The smallest absolute Gasteiger partial charge is 0.331 e. The van der Waals surface area contributed by atoms with E-state index in [9.17, 15) is 4.79 Å². The number of aromatic amines is 1. The predicted molar refractivity (Wildman–Crippen MR) is 92.6 cm³/mol. The molecule has 0 amide bonds. The molecular weight excluding hydrogens is 290 g/mol. The molecule has 5 nitrogen and oxygen atoms in total. The summed E-state index contributed by atoms with van der Waals surface area (Å²) < 4.78 is 7.43. The lowest BCUT2D eigenvalue weighted by Crippen LogP contribution is -2.15. The van der Waals surface area contributed by atoms with Crippen LogP contribution in [0.3, 0.4) is 0 Å². The van der Waals surface area contributed by atoms with Gasteiger partial charge in [-0.15, -0.1) is 0 Å². The second-order valence-electron chi connectivity index (χ2n) is 5.79. The fourth-order valence-corrected chi connectivity index (χ4v) is 2.58. The highest BCUT2D eigenvalue weighted by atomic mass is 16.5. The second-order valence-corrected chi connectivity index (χ2v) is 5.79. The molecule has 0 unspecified atom stereocenters. The van der Waals surface area contributed by atoms with Crippen LogP contribution < -0.4 is 10.4 Å². The Bertz CT molecular complexity index is 834. The van der Waals surface area contributed by atoms with E-state index in [1.165, 1.54) is 0 Å². The molecule has 0 aliphatic rings. The summed E-state index contributed by atoms with van der Waals surface area (Å²) in [7, 11) is 4.09. The maximum Gasteiger partial charge on any atom is 0.331 e. The number of benzene rings is 2. The van der Waals surface area contributed by atoms with Crippen LogP contribution in [0.2, 0.25) is 0 Å². The number of para-hydroxylation sites is 1. The van der Waals surface area contributed by atoms with Gasteiger partial charge in [-0.25, -0.2) is 4.79 Å². The van der Waals surface area contributed by atoms with Crippen molar-refractivity contribution in [3.8, 4) is 11.4 Å². The van der Waals surface area contributed by atoms with Gasteiger partial charge in [0.2, 0.25) is 0 Å². The minimum atomic E-state index is -0.143. The van der Waals surface area contributed by atoms with Gasteiger partial charge in [0.05, 0.1) is 23.3 Å². The number of hydrogen-bond acceptors (Lipinski definition) is 3. The Balaban J connectivity index is 1.84. The number of nitrogens with zero attached hydrogens (tertiary/aromatic N) is 2. The SMILES string of the molecule is CN(C)CCCOc1ccc2c(c1)[nH]c(=O)n2-c1ccccc1. The number of imidazole rings is 1. The maximum atomic E-state index is 12.2. The van der Waals surface area contributed by atoms with Gasteiger partial charge in [0.15, 0.2) is 0 Å². The van der Waals surface area contributed by atoms with E-state index in [4.69, 9.17) is 4.74 Å². The molecule has 1 aromatic heterocycles. The first-order valence-corrected chi connectivity index (χ1v) is 7.73. The standard InChI is InChI=1S/C18H21N3O2/c1-20(2)11-6-12-23-15-9-10-17-16(13-15)19-18(22)21(17)14-7-4-3-5-8-14/h3-5,7-10,13H,6,11-12H2,1-2H3,(H,19,22). The Kier molecular flexibility index (Phi) is 4.48. The number of aromatic nitrogens is 2. The van der Waals surface area contributed by atoms with Crippen molar-refractivity contribution in [2.24, 2.45) is 0 Å². The van der Waals surface area contributed by atoms with E-state index in [-0.39, 0.29) is 5.69 Å². The van der Waals surface area contributed by atoms with Crippen molar-refractivity contribution < 1.29 is 4.74 Å². The molecule has 0 bridgehead atoms. The molecule has 5 heteroatoms. The third-order valence-electron chi connectivity index (χ3n) is 3.69. The molecule has 23 heavy (non-hydrogen) atoms. The summed E-state index contributed by atoms with van der Waals surface area (Å²) in [4.78, 5) is 17.3. The lowest BCUT2D eigenvalue weighted by atomic mass is 10.2. The summed E-state index contributed by atoms with van der Waals surface area (Å²) in [5.74, 6) is 0.776. The fraction of sp³-hybridized carbons (Fsp3) is 0.278. The van der Waals surface area contributed by atoms with Crippen molar-refractivity contribution in [1.82, 2.24) is 14.5 Å². The van der Waals surface area contributed by atoms with Crippen molar-refractivity contribution >= 4 is 11.0 Å². The number of nitrogens with one attached hydrogen (secondary N) is 1. The van der Waals surface area contributed by atoms with Gasteiger partial charge >= 0.3 is 5.69 Å². The van der Waals surface area contributed by atoms with E-state index in [1.54, 1.807) is 4.57 Å². The molecule has 0 radical (unpaired) electrons. The summed E-state index contributed by atoms with van der Waals surface area (Å²) >= 11 is 0. The van der Waals surface area contributed by atoms with Crippen LogP contribution in [0.25, 0.3) is 16.7 Å². The Hall–Kier alpha value is -2.53. The Morgan fingerprint density at radius 2 is 1.91 bits per heavy atom. The molecule has 0 fully saturated rings. The van der Waals surface area contributed by atoms with Crippen LogP contribution in [0.1, 0.15) is 6.42 Å². The van der Waals surface area contributed by atoms with Crippen LogP contribution in [-0.2, 0) is 0 Å². The average molecular weight is 311 g/mol. The molecule has 0 spiro atoms. The monoisotopic (exact) mass is 311 g/mol. The number of ether oxygens (including phenoxy) is 1. The van der Waals surface area contributed by atoms with E-state index in [1.807, 2.05) is 62.6 Å². The third-order valence-corrected chi connectivity index (χ3v) is 3.69. The van der Waals surface area contributed by atoms with Gasteiger partial charge in [0.1, 0.15) is 5.75 Å². The van der Waals surface area contributed by atoms with Crippen LogP contribution in [0.5, 0.6) is 5.75 Å². The van der Waals surface area contributed by atoms with Crippen LogP contribution in [0, 0.1) is 0 Å². The summed E-state index contributed by atoms with van der Waals surface area (Å²) in [6.45, 7) is 1.65. The van der Waals surface area contributed by atoms with E-state index >= 15 is 0 Å². The maximum absolute atomic E-state index is 12.2. The number of fused-ring (bicyclic) bond motifs is 1. The molecule has 1 heterocycles. The van der Waals surface area contributed by atoms with Gasteiger partial charge in [0.25, 0.3) is 0 Å². The fourth-order valence-electron chi connectivity index (χ4n) is 2.58. The molecule has 0 saturated carbocycles.